The first-order chi connectivity index (χ1) is 14.0. The van der Waals surface area contributed by atoms with Gasteiger partial charge in [0.15, 0.2) is 0 Å². The lowest BCUT2D eigenvalue weighted by Crippen LogP contribution is -2.32. The number of halogens is 4. The van der Waals surface area contributed by atoms with E-state index in [2.05, 4.69) is 4.98 Å². The van der Waals surface area contributed by atoms with Gasteiger partial charge in [-0.15, -0.1) is 0 Å². The van der Waals surface area contributed by atoms with E-state index in [1.54, 1.807) is 40.5 Å². The molecule has 1 aromatic heterocycles. The zero-order valence-corrected chi connectivity index (χ0v) is 17.0. The van der Waals surface area contributed by atoms with Crippen LogP contribution in [0.3, 0.4) is 0 Å². The van der Waals surface area contributed by atoms with E-state index in [9.17, 15) is 26.4 Å². The summed E-state index contributed by atoms with van der Waals surface area (Å²) in [5.74, 6) is -0.839. The van der Waals surface area contributed by atoms with Crippen LogP contribution in [0.4, 0.5) is 13.2 Å². The van der Waals surface area contributed by atoms with Gasteiger partial charge in [0.2, 0.25) is 0 Å². The van der Waals surface area contributed by atoms with Crippen molar-refractivity contribution in [3.8, 4) is 11.4 Å². The van der Waals surface area contributed by atoms with E-state index in [-0.39, 0.29) is 5.69 Å². The number of alkyl halides is 3. The van der Waals surface area contributed by atoms with Gasteiger partial charge in [0.25, 0.3) is 15.9 Å². The number of nitrogens with zero attached hydrogens (tertiary/aromatic N) is 2. The summed E-state index contributed by atoms with van der Waals surface area (Å²) in [6.45, 7) is 2.17. The maximum atomic E-state index is 13.2. The predicted molar refractivity (Wildman–Crippen MR) is 104 cm³/mol. The van der Waals surface area contributed by atoms with Crippen molar-refractivity contribution >= 4 is 27.5 Å². The van der Waals surface area contributed by atoms with E-state index < -0.39 is 32.6 Å². The minimum absolute atomic E-state index is 0.278. The van der Waals surface area contributed by atoms with Crippen LogP contribution < -0.4 is 4.72 Å². The number of aryl methyl sites for hydroxylation is 1. The van der Waals surface area contributed by atoms with Crippen molar-refractivity contribution in [2.75, 3.05) is 0 Å². The topological polar surface area (TPSA) is 81.1 Å². The number of imidazole rings is 1. The van der Waals surface area contributed by atoms with Crippen LogP contribution in [0.1, 0.15) is 23.0 Å². The lowest BCUT2D eigenvalue weighted by molar-refractivity contribution is -0.139. The molecule has 0 bridgehead atoms. The van der Waals surface area contributed by atoms with Crippen molar-refractivity contribution < 1.29 is 26.4 Å². The number of benzene rings is 2. The summed E-state index contributed by atoms with van der Waals surface area (Å²) in [5, 5.41) is 0.372. The Morgan fingerprint density at radius 1 is 1.13 bits per heavy atom. The fourth-order valence-electron chi connectivity index (χ4n) is 2.79. The average molecular weight is 458 g/mol. The van der Waals surface area contributed by atoms with Crippen LogP contribution in [0.5, 0.6) is 0 Å². The lowest BCUT2D eigenvalue weighted by atomic mass is 10.2. The fourth-order valence-corrected chi connectivity index (χ4v) is 4.20. The van der Waals surface area contributed by atoms with Gasteiger partial charge in [0.1, 0.15) is 11.5 Å². The van der Waals surface area contributed by atoms with E-state index in [4.69, 9.17) is 11.6 Å². The molecule has 3 rings (SSSR count). The molecule has 0 unspecified atom stereocenters. The van der Waals surface area contributed by atoms with E-state index >= 15 is 0 Å². The summed E-state index contributed by atoms with van der Waals surface area (Å²) in [6, 6.07) is 10.3. The third kappa shape index (κ3) is 4.34. The van der Waals surface area contributed by atoms with Gasteiger partial charge in [-0.05, 0) is 31.2 Å². The highest BCUT2D eigenvalue weighted by Gasteiger charge is 2.37. The average Bonchev–Trinajstić information content (AvgIpc) is 3.12. The molecule has 0 spiro atoms. The van der Waals surface area contributed by atoms with Crippen molar-refractivity contribution in [2.45, 2.75) is 24.5 Å². The van der Waals surface area contributed by atoms with E-state index in [1.807, 2.05) is 0 Å². The molecule has 3 aromatic rings. The summed E-state index contributed by atoms with van der Waals surface area (Å²) in [5.41, 5.74) is -1.13. The molecule has 1 amide bonds. The van der Waals surface area contributed by atoms with Crippen molar-refractivity contribution in [1.29, 1.82) is 0 Å². The molecule has 2 aromatic carbocycles. The lowest BCUT2D eigenvalue weighted by Gasteiger charge is -2.13. The monoisotopic (exact) mass is 457 g/mol. The molecule has 0 atom stereocenters. The summed E-state index contributed by atoms with van der Waals surface area (Å²) in [4.78, 5) is 15.6. The van der Waals surface area contributed by atoms with Crippen LogP contribution in [0.2, 0.25) is 5.02 Å². The standard InChI is InChI=1S/C19H15ClF3N3O3S/c1-2-26-11-15(24-17(26)12-7-3-5-9-14(12)20)18(27)25-30(28,29)16-10-6-4-8-13(16)19(21,22)23/h3-11H,2H2,1H3,(H,25,27). The largest absolute Gasteiger partial charge is 0.417 e. The van der Waals surface area contributed by atoms with Crippen molar-refractivity contribution in [1.82, 2.24) is 14.3 Å². The van der Waals surface area contributed by atoms with E-state index in [0.717, 1.165) is 18.2 Å². The van der Waals surface area contributed by atoms with Gasteiger partial charge in [-0.2, -0.15) is 13.2 Å². The molecule has 11 heteroatoms. The second kappa shape index (κ2) is 8.11. The molecule has 0 saturated heterocycles. The molecule has 0 radical (unpaired) electrons. The molecule has 0 fully saturated rings. The highest BCUT2D eigenvalue weighted by Crippen LogP contribution is 2.34. The third-order valence-corrected chi connectivity index (χ3v) is 5.89. The smallest absolute Gasteiger partial charge is 0.330 e. The molecular formula is C19H15ClF3N3O3S. The number of carbonyl (C=O) groups excluding carboxylic acids is 1. The highest BCUT2D eigenvalue weighted by molar-refractivity contribution is 7.90. The predicted octanol–water partition coefficient (Wildman–Crippen LogP) is 4.36. The number of rotatable bonds is 5. The molecule has 30 heavy (non-hydrogen) atoms. The third-order valence-electron chi connectivity index (χ3n) is 4.17. The number of carbonyl (C=O) groups is 1. The molecule has 1 N–H and O–H groups in total. The van der Waals surface area contributed by atoms with Crippen molar-refractivity contribution in [3.63, 3.8) is 0 Å². The number of sulfonamides is 1. The Balaban J connectivity index is 1.97. The Morgan fingerprint density at radius 3 is 2.40 bits per heavy atom. The first-order valence-corrected chi connectivity index (χ1v) is 10.5. The second-order valence-electron chi connectivity index (χ2n) is 6.14. The first-order valence-electron chi connectivity index (χ1n) is 8.60. The van der Waals surface area contributed by atoms with Crippen LogP contribution in [0.15, 0.2) is 59.6 Å². The number of aromatic nitrogens is 2. The van der Waals surface area contributed by atoms with Crippen LogP contribution in [-0.2, 0) is 22.7 Å². The SMILES string of the molecule is CCn1cc(C(=O)NS(=O)(=O)c2ccccc2C(F)(F)F)nc1-c1ccccc1Cl. The summed E-state index contributed by atoms with van der Waals surface area (Å²) >= 11 is 6.17. The molecule has 158 valence electrons. The van der Waals surface area contributed by atoms with Gasteiger partial charge in [-0.1, -0.05) is 35.9 Å². The minimum atomic E-state index is -4.91. The van der Waals surface area contributed by atoms with Gasteiger partial charge in [0, 0.05) is 18.3 Å². The molecule has 0 aliphatic heterocycles. The Hall–Kier alpha value is -2.85. The maximum Gasteiger partial charge on any atom is 0.417 e. The molecule has 0 aliphatic rings. The van der Waals surface area contributed by atoms with Gasteiger partial charge >= 0.3 is 6.18 Å². The van der Waals surface area contributed by atoms with Crippen LogP contribution >= 0.6 is 11.6 Å². The quantitative estimate of drug-likeness (QED) is 0.617. The van der Waals surface area contributed by atoms with E-state index in [1.165, 1.54) is 6.20 Å². The maximum absolute atomic E-state index is 13.2. The van der Waals surface area contributed by atoms with Crippen LogP contribution in [-0.4, -0.2) is 23.9 Å². The zero-order chi connectivity index (χ0) is 22.1. The molecule has 0 saturated carbocycles. The first kappa shape index (κ1) is 21.8. The normalized spacial score (nSPS) is 12.0. The Kier molecular flexibility index (Phi) is 5.91. The number of nitrogens with one attached hydrogen (secondary N) is 1. The van der Waals surface area contributed by atoms with Crippen LogP contribution in [0, 0.1) is 0 Å². The Bertz CT molecular complexity index is 1210. The van der Waals surface area contributed by atoms with E-state index in [0.29, 0.717) is 29.0 Å². The highest BCUT2D eigenvalue weighted by atomic mass is 35.5. The van der Waals surface area contributed by atoms with Gasteiger partial charge in [-0.25, -0.2) is 18.1 Å². The van der Waals surface area contributed by atoms with Gasteiger partial charge in [-0.3, -0.25) is 4.79 Å². The Morgan fingerprint density at radius 2 is 1.77 bits per heavy atom. The summed E-state index contributed by atoms with van der Waals surface area (Å²) in [7, 11) is -4.80. The second-order valence-corrected chi connectivity index (χ2v) is 8.20. The number of amides is 1. The van der Waals surface area contributed by atoms with Gasteiger partial charge < -0.3 is 4.57 Å². The fraction of sp³-hybridized carbons (Fsp3) is 0.158. The summed E-state index contributed by atoms with van der Waals surface area (Å²) < 4.78 is 67.7. The Labute approximate surface area is 175 Å². The van der Waals surface area contributed by atoms with Gasteiger partial charge in [0.05, 0.1) is 15.5 Å². The molecule has 0 aliphatic carbocycles. The number of hydrogen-bond donors (Lipinski definition) is 1. The van der Waals surface area contributed by atoms with Crippen molar-refractivity contribution in [3.05, 3.63) is 71.0 Å². The molecule has 6 nitrogen and oxygen atoms in total. The minimum Gasteiger partial charge on any atom is -0.330 e. The van der Waals surface area contributed by atoms with Crippen molar-refractivity contribution in [2.24, 2.45) is 0 Å². The number of hydrogen-bond acceptors (Lipinski definition) is 4. The molecule has 1 heterocycles. The summed E-state index contributed by atoms with van der Waals surface area (Å²) in [6.07, 6.45) is -3.60. The molecular weight excluding hydrogens is 443 g/mol. The van der Waals surface area contributed by atoms with Crippen LogP contribution in [0.25, 0.3) is 11.4 Å². The zero-order valence-electron chi connectivity index (χ0n) is 15.4.